The van der Waals surface area contributed by atoms with Crippen molar-refractivity contribution in [1.29, 1.82) is 0 Å². The van der Waals surface area contributed by atoms with Gasteiger partial charge in [0.05, 0.1) is 28.8 Å². The largest absolute Gasteiger partial charge is 0.478 e. The number of hydrogen-bond donors (Lipinski definition) is 1. The van der Waals surface area contributed by atoms with Gasteiger partial charge in [-0.1, -0.05) is 51.1 Å². The highest BCUT2D eigenvalue weighted by molar-refractivity contribution is 5.87. The van der Waals surface area contributed by atoms with Gasteiger partial charge in [0.1, 0.15) is 0 Å². The van der Waals surface area contributed by atoms with Crippen LogP contribution in [0.2, 0.25) is 0 Å². The number of nitroso groups, excluding NO2 is 1. The number of carboxylic acids is 1. The van der Waals surface area contributed by atoms with E-state index >= 15 is 0 Å². The molecule has 0 saturated carbocycles. The van der Waals surface area contributed by atoms with E-state index in [1.165, 1.54) is 12.1 Å². The van der Waals surface area contributed by atoms with E-state index in [1.807, 2.05) is 0 Å². The van der Waals surface area contributed by atoms with E-state index in [4.69, 9.17) is 10.1 Å². The second-order valence-corrected chi connectivity index (χ2v) is 8.60. The smallest absolute Gasteiger partial charge is 0.335 e. The molecule has 0 saturated heterocycles. The molecule has 0 aliphatic heterocycles. The molecule has 1 aliphatic rings. The maximum Gasteiger partial charge on any atom is 0.335 e. The summed E-state index contributed by atoms with van der Waals surface area (Å²) < 4.78 is 0. The predicted octanol–water partition coefficient (Wildman–Crippen LogP) is 5.04. The molecule has 6 heteroatoms. The van der Waals surface area contributed by atoms with Crippen molar-refractivity contribution in [1.82, 2.24) is 9.97 Å². The SMILES string of the molecule is CC1(C)CCC(C)(C)c2nc(C(C=Cc3ccc(C(=O)O)cc3)N=O)cnc21. The molecule has 0 bridgehead atoms. The standard InChI is InChI=1S/C22H25N3O3/c1-21(2)11-12-22(3,4)19-18(21)23-13-17(24-19)16(25-28)10-7-14-5-8-15(9-6-14)20(26)27/h5-10,13,16H,11-12H2,1-4H3,(H,26,27). The van der Waals surface area contributed by atoms with Crippen LogP contribution in [-0.2, 0) is 10.8 Å². The van der Waals surface area contributed by atoms with Crippen molar-refractivity contribution in [3.63, 3.8) is 0 Å². The molecule has 1 heterocycles. The molecule has 3 rings (SSSR count). The molecular weight excluding hydrogens is 354 g/mol. The van der Waals surface area contributed by atoms with E-state index < -0.39 is 12.0 Å². The van der Waals surface area contributed by atoms with Crippen molar-refractivity contribution >= 4 is 12.0 Å². The van der Waals surface area contributed by atoms with Gasteiger partial charge in [-0.25, -0.2) is 4.79 Å². The summed E-state index contributed by atoms with van der Waals surface area (Å²) in [7, 11) is 0. The average Bonchev–Trinajstić information content (AvgIpc) is 2.66. The van der Waals surface area contributed by atoms with E-state index in [1.54, 1.807) is 30.5 Å². The highest BCUT2D eigenvalue weighted by Gasteiger charge is 2.40. The summed E-state index contributed by atoms with van der Waals surface area (Å²) in [6.45, 7) is 8.66. The van der Waals surface area contributed by atoms with Crippen LogP contribution < -0.4 is 0 Å². The number of carboxylic acid groups (broad SMARTS) is 1. The molecule has 0 radical (unpaired) electrons. The Bertz CT molecular complexity index is 931. The van der Waals surface area contributed by atoms with Crippen LogP contribution in [0.1, 0.15) is 79.6 Å². The first-order valence-electron chi connectivity index (χ1n) is 9.36. The number of carbonyl (C=O) groups is 1. The molecular formula is C22H25N3O3. The fourth-order valence-electron chi connectivity index (χ4n) is 3.50. The number of hydrogen-bond acceptors (Lipinski definition) is 5. The van der Waals surface area contributed by atoms with Gasteiger partial charge in [-0.05, 0) is 36.6 Å². The number of benzene rings is 1. The first-order chi connectivity index (χ1) is 13.1. The summed E-state index contributed by atoms with van der Waals surface area (Å²) in [4.78, 5) is 31.9. The number of aromatic nitrogens is 2. The van der Waals surface area contributed by atoms with E-state index in [0.29, 0.717) is 5.69 Å². The minimum absolute atomic E-state index is 0.0395. The van der Waals surface area contributed by atoms with Crippen LogP contribution in [0.4, 0.5) is 0 Å². The number of fused-ring (bicyclic) bond motifs is 1. The lowest BCUT2D eigenvalue weighted by Crippen LogP contribution is -2.36. The van der Waals surface area contributed by atoms with Crippen molar-refractivity contribution < 1.29 is 9.90 Å². The first-order valence-corrected chi connectivity index (χ1v) is 9.36. The minimum Gasteiger partial charge on any atom is -0.478 e. The lowest BCUT2D eigenvalue weighted by Gasteiger charge is -2.39. The van der Waals surface area contributed by atoms with Gasteiger partial charge in [0.15, 0.2) is 6.04 Å². The molecule has 1 unspecified atom stereocenters. The van der Waals surface area contributed by atoms with Crippen molar-refractivity contribution in [3.05, 3.63) is 69.7 Å². The lowest BCUT2D eigenvalue weighted by atomic mass is 9.67. The predicted molar refractivity (Wildman–Crippen MR) is 108 cm³/mol. The molecule has 0 spiro atoms. The third-order valence-corrected chi connectivity index (χ3v) is 5.49. The fourth-order valence-corrected chi connectivity index (χ4v) is 3.50. The third-order valence-electron chi connectivity index (χ3n) is 5.49. The monoisotopic (exact) mass is 379 g/mol. The van der Waals surface area contributed by atoms with Gasteiger partial charge >= 0.3 is 5.97 Å². The minimum atomic E-state index is -0.974. The molecule has 1 aromatic carbocycles. The van der Waals surface area contributed by atoms with E-state index in [-0.39, 0.29) is 16.4 Å². The zero-order valence-electron chi connectivity index (χ0n) is 16.6. The van der Waals surface area contributed by atoms with Crippen LogP contribution >= 0.6 is 0 Å². The Kier molecular flexibility index (Phi) is 5.15. The Labute approximate surface area is 164 Å². The van der Waals surface area contributed by atoms with Gasteiger partial charge in [-0.15, -0.1) is 4.91 Å². The van der Waals surface area contributed by atoms with Crippen LogP contribution in [0.15, 0.2) is 41.7 Å². The average molecular weight is 379 g/mol. The molecule has 1 aromatic heterocycles. The number of rotatable bonds is 5. The zero-order chi connectivity index (χ0) is 20.5. The Morgan fingerprint density at radius 3 is 2.29 bits per heavy atom. The van der Waals surface area contributed by atoms with Crippen molar-refractivity contribution in [3.8, 4) is 0 Å². The summed E-state index contributed by atoms with van der Waals surface area (Å²) in [6.07, 6.45) is 7.11. The zero-order valence-corrected chi connectivity index (χ0v) is 16.6. The molecule has 1 aliphatic carbocycles. The quantitative estimate of drug-likeness (QED) is 0.734. The summed E-state index contributed by atoms with van der Waals surface area (Å²) in [6, 6.07) is 5.67. The number of nitrogens with zero attached hydrogens (tertiary/aromatic N) is 3. The molecule has 0 fully saturated rings. The molecule has 146 valence electrons. The van der Waals surface area contributed by atoms with Crippen molar-refractivity contribution in [2.24, 2.45) is 5.18 Å². The van der Waals surface area contributed by atoms with Crippen molar-refractivity contribution in [2.45, 2.75) is 57.4 Å². The van der Waals surface area contributed by atoms with Gasteiger partial charge in [-0.3, -0.25) is 9.97 Å². The van der Waals surface area contributed by atoms with Gasteiger partial charge in [0.2, 0.25) is 0 Å². The second kappa shape index (κ2) is 7.26. The van der Waals surface area contributed by atoms with E-state index in [0.717, 1.165) is 29.8 Å². The van der Waals surface area contributed by atoms with Crippen LogP contribution in [0.3, 0.4) is 0 Å². The molecule has 2 aromatic rings. The Hall–Kier alpha value is -2.89. The van der Waals surface area contributed by atoms with Crippen LogP contribution in [0.25, 0.3) is 6.08 Å². The van der Waals surface area contributed by atoms with Crippen LogP contribution in [-0.4, -0.2) is 21.0 Å². The summed E-state index contributed by atoms with van der Waals surface area (Å²) >= 11 is 0. The molecule has 0 amide bonds. The highest BCUT2D eigenvalue weighted by Crippen LogP contribution is 2.44. The Balaban J connectivity index is 1.91. The van der Waals surface area contributed by atoms with Crippen molar-refractivity contribution in [2.75, 3.05) is 0 Å². The lowest BCUT2D eigenvalue weighted by molar-refractivity contribution is 0.0697. The van der Waals surface area contributed by atoms with Crippen LogP contribution in [0, 0.1) is 4.91 Å². The maximum atomic E-state index is 11.5. The van der Waals surface area contributed by atoms with Gasteiger partial charge in [0, 0.05) is 10.8 Å². The van der Waals surface area contributed by atoms with Gasteiger partial charge < -0.3 is 5.11 Å². The molecule has 1 atom stereocenters. The van der Waals surface area contributed by atoms with Gasteiger partial charge in [0.25, 0.3) is 0 Å². The normalized spacial score (nSPS) is 18.4. The maximum absolute atomic E-state index is 11.5. The Morgan fingerprint density at radius 1 is 1.11 bits per heavy atom. The summed E-state index contributed by atoms with van der Waals surface area (Å²) in [5.74, 6) is -0.974. The topological polar surface area (TPSA) is 92.5 Å². The molecule has 6 nitrogen and oxygen atoms in total. The highest BCUT2D eigenvalue weighted by atomic mass is 16.4. The summed E-state index contributed by atoms with van der Waals surface area (Å²) in [5, 5.41) is 12.2. The van der Waals surface area contributed by atoms with Gasteiger partial charge in [-0.2, -0.15) is 0 Å². The summed E-state index contributed by atoms with van der Waals surface area (Å²) in [5.41, 5.74) is 3.32. The third kappa shape index (κ3) is 3.86. The second-order valence-electron chi connectivity index (χ2n) is 8.60. The first kappa shape index (κ1) is 19.9. The van der Waals surface area contributed by atoms with E-state index in [2.05, 4.69) is 37.9 Å². The molecule has 1 N–H and O–H groups in total. The van der Waals surface area contributed by atoms with Crippen LogP contribution in [0.5, 0.6) is 0 Å². The van der Waals surface area contributed by atoms with E-state index in [9.17, 15) is 9.70 Å². The Morgan fingerprint density at radius 2 is 1.71 bits per heavy atom. The fraction of sp³-hybridized carbons (Fsp3) is 0.409. The number of aromatic carboxylic acids is 1. The molecule has 28 heavy (non-hydrogen) atoms.